The maximum absolute atomic E-state index is 13.0. The van der Waals surface area contributed by atoms with Crippen molar-refractivity contribution in [2.75, 3.05) is 20.3 Å². The molecule has 0 bridgehead atoms. The Morgan fingerprint density at radius 2 is 1.89 bits per heavy atom. The molecule has 28 heavy (non-hydrogen) atoms. The molecule has 6 heteroatoms. The van der Waals surface area contributed by atoms with E-state index in [1.807, 2.05) is 0 Å². The van der Waals surface area contributed by atoms with Gasteiger partial charge in [0.25, 0.3) is 5.56 Å². The maximum Gasteiger partial charge on any atom is 0.340 e. The summed E-state index contributed by atoms with van der Waals surface area (Å²) in [4.78, 5) is 25.8. The summed E-state index contributed by atoms with van der Waals surface area (Å²) in [5, 5.41) is 1.04. The largest absolute Gasteiger partial charge is 0.497 e. The molecule has 0 aliphatic carbocycles. The Kier molecular flexibility index (Phi) is 5.12. The Labute approximate surface area is 162 Å². The second-order valence-electron chi connectivity index (χ2n) is 6.70. The van der Waals surface area contributed by atoms with Crippen molar-refractivity contribution in [3.05, 3.63) is 70.6 Å². The van der Waals surface area contributed by atoms with E-state index in [-0.39, 0.29) is 18.3 Å². The van der Waals surface area contributed by atoms with Gasteiger partial charge in [-0.15, -0.1) is 0 Å². The highest BCUT2D eigenvalue weighted by Gasteiger charge is 2.21. The average Bonchev–Trinajstić information content (AvgIpc) is 3.26. The fourth-order valence-electron chi connectivity index (χ4n) is 3.41. The molecule has 0 radical (unpaired) electrons. The number of nitrogens with zero attached hydrogens (tertiary/aromatic N) is 1. The summed E-state index contributed by atoms with van der Waals surface area (Å²) in [6, 6.07) is 14.2. The van der Waals surface area contributed by atoms with Crippen LogP contribution in [0.25, 0.3) is 16.5 Å². The lowest BCUT2D eigenvalue weighted by Crippen LogP contribution is -2.23. The summed E-state index contributed by atoms with van der Waals surface area (Å²) in [7, 11) is 1.58. The van der Waals surface area contributed by atoms with Gasteiger partial charge in [0.15, 0.2) is 0 Å². The zero-order valence-electron chi connectivity index (χ0n) is 15.6. The highest BCUT2D eigenvalue weighted by atomic mass is 16.6. The van der Waals surface area contributed by atoms with Crippen LogP contribution in [0.1, 0.15) is 23.2 Å². The summed E-state index contributed by atoms with van der Waals surface area (Å²) < 4.78 is 17.6. The van der Waals surface area contributed by atoms with Crippen molar-refractivity contribution < 1.29 is 19.0 Å². The minimum atomic E-state index is -0.464. The molecular weight excluding hydrogens is 358 g/mol. The number of hydrogen-bond acceptors (Lipinski definition) is 5. The minimum absolute atomic E-state index is 0.0530. The number of methoxy groups -OCH3 is 1. The van der Waals surface area contributed by atoms with Gasteiger partial charge in [-0.1, -0.05) is 18.2 Å². The van der Waals surface area contributed by atoms with E-state index >= 15 is 0 Å². The monoisotopic (exact) mass is 379 g/mol. The van der Waals surface area contributed by atoms with Gasteiger partial charge in [-0.2, -0.15) is 0 Å². The van der Waals surface area contributed by atoms with E-state index in [2.05, 4.69) is 0 Å². The van der Waals surface area contributed by atoms with Crippen molar-refractivity contribution >= 4 is 16.7 Å². The lowest BCUT2D eigenvalue weighted by Gasteiger charge is -2.14. The first-order valence-electron chi connectivity index (χ1n) is 9.25. The summed E-state index contributed by atoms with van der Waals surface area (Å²) in [5.74, 6) is 0.225. The number of esters is 1. The number of carbonyl (C=O) groups excluding carboxylic acids is 1. The van der Waals surface area contributed by atoms with Crippen LogP contribution in [0, 0.1) is 0 Å². The normalized spacial score (nSPS) is 16.2. The van der Waals surface area contributed by atoms with Crippen molar-refractivity contribution in [1.29, 1.82) is 0 Å². The van der Waals surface area contributed by atoms with Crippen LogP contribution in [0.3, 0.4) is 0 Å². The van der Waals surface area contributed by atoms with Crippen LogP contribution in [-0.2, 0) is 9.47 Å². The molecule has 1 aromatic heterocycles. The van der Waals surface area contributed by atoms with E-state index in [9.17, 15) is 9.59 Å². The zero-order chi connectivity index (χ0) is 19.5. The van der Waals surface area contributed by atoms with Crippen molar-refractivity contribution in [1.82, 2.24) is 4.57 Å². The molecule has 0 amide bonds. The van der Waals surface area contributed by atoms with Crippen molar-refractivity contribution in [3.8, 4) is 11.4 Å². The molecule has 144 valence electrons. The first-order valence-corrected chi connectivity index (χ1v) is 9.25. The Bertz CT molecular complexity index is 1050. The highest BCUT2D eigenvalue weighted by Crippen LogP contribution is 2.21. The molecule has 1 aliphatic heterocycles. The first-order chi connectivity index (χ1) is 13.7. The Morgan fingerprint density at radius 1 is 1.14 bits per heavy atom. The summed E-state index contributed by atoms with van der Waals surface area (Å²) >= 11 is 0. The molecule has 1 atom stereocenters. The van der Waals surface area contributed by atoms with Crippen molar-refractivity contribution in [2.45, 2.75) is 18.9 Å². The van der Waals surface area contributed by atoms with E-state index in [1.165, 1.54) is 4.57 Å². The third-order valence-electron chi connectivity index (χ3n) is 4.92. The van der Waals surface area contributed by atoms with Crippen molar-refractivity contribution in [2.24, 2.45) is 0 Å². The molecule has 3 aromatic rings. The average molecular weight is 379 g/mol. The Hall–Kier alpha value is -3.12. The number of benzene rings is 2. The van der Waals surface area contributed by atoms with Crippen molar-refractivity contribution in [3.63, 3.8) is 0 Å². The molecule has 4 rings (SSSR count). The highest BCUT2D eigenvalue weighted by molar-refractivity contribution is 6.04. The van der Waals surface area contributed by atoms with Crippen LogP contribution in [0.2, 0.25) is 0 Å². The van der Waals surface area contributed by atoms with E-state index in [4.69, 9.17) is 14.2 Å². The number of aromatic nitrogens is 1. The molecule has 0 saturated carbocycles. The third-order valence-corrected chi connectivity index (χ3v) is 4.92. The molecular formula is C22H21NO5. The van der Waals surface area contributed by atoms with Crippen LogP contribution in [0.5, 0.6) is 5.75 Å². The number of hydrogen-bond donors (Lipinski definition) is 0. The van der Waals surface area contributed by atoms with Gasteiger partial charge in [-0.05, 0) is 43.2 Å². The van der Waals surface area contributed by atoms with Gasteiger partial charge in [0.2, 0.25) is 0 Å². The molecule has 1 saturated heterocycles. The van der Waals surface area contributed by atoms with E-state index in [1.54, 1.807) is 61.8 Å². The smallest absolute Gasteiger partial charge is 0.340 e. The summed E-state index contributed by atoms with van der Waals surface area (Å²) in [6.07, 6.45) is 3.36. The first kappa shape index (κ1) is 18.3. The van der Waals surface area contributed by atoms with E-state index in [0.29, 0.717) is 34.4 Å². The quantitative estimate of drug-likeness (QED) is 0.636. The second-order valence-corrected chi connectivity index (χ2v) is 6.70. The Morgan fingerprint density at radius 3 is 2.57 bits per heavy atom. The molecule has 2 heterocycles. The SMILES string of the molecule is COc1ccc(-n2cc(C(=O)OCC3CCCO3)c3ccccc3c2=O)cc1. The fraction of sp³-hybridized carbons (Fsp3) is 0.273. The number of fused-ring (bicyclic) bond motifs is 1. The van der Waals surface area contributed by atoms with Crippen LogP contribution >= 0.6 is 0 Å². The maximum atomic E-state index is 13.0. The number of rotatable bonds is 5. The molecule has 2 aromatic carbocycles. The number of carbonyl (C=O) groups is 1. The molecule has 0 N–H and O–H groups in total. The number of pyridine rings is 1. The third kappa shape index (κ3) is 3.51. The fourth-order valence-corrected chi connectivity index (χ4v) is 3.41. The molecule has 6 nitrogen and oxygen atoms in total. The predicted octanol–water partition coefficient (Wildman–Crippen LogP) is 3.34. The minimum Gasteiger partial charge on any atom is -0.497 e. The van der Waals surface area contributed by atoms with E-state index < -0.39 is 5.97 Å². The van der Waals surface area contributed by atoms with Crippen LogP contribution in [0.15, 0.2) is 59.5 Å². The lowest BCUT2D eigenvalue weighted by molar-refractivity contribution is 0.0162. The van der Waals surface area contributed by atoms with Crippen LogP contribution in [-0.4, -0.2) is 37.0 Å². The zero-order valence-corrected chi connectivity index (χ0v) is 15.6. The number of ether oxygens (including phenoxy) is 3. The molecule has 1 unspecified atom stereocenters. The van der Waals surface area contributed by atoms with Crippen LogP contribution in [0.4, 0.5) is 0 Å². The van der Waals surface area contributed by atoms with Gasteiger partial charge in [-0.3, -0.25) is 9.36 Å². The molecule has 1 fully saturated rings. The predicted molar refractivity (Wildman–Crippen MR) is 105 cm³/mol. The summed E-state index contributed by atoms with van der Waals surface area (Å²) in [6.45, 7) is 0.919. The van der Waals surface area contributed by atoms with Crippen LogP contribution < -0.4 is 10.3 Å². The van der Waals surface area contributed by atoms with Gasteiger partial charge in [0, 0.05) is 29.3 Å². The lowest BCUT2D eigenvalue weighted by atomic mass is 10.1. The van der Waals surface area contributed by atoms with E-state index in [0.717, 1.165) is 12.8 Å². The van der Waals surface area contributed by atoms with Gasteiger partial charge < -0.3 is 14.2 Å². The Balaban J connectivity index is 1.75. The standard InChI is InChI=1S/C22H21NO5/c1-26-16-10-8-15(9-11-16)23-13-20(18-6-2-3-7-19(18)21(23)24)22(25)28-14-17-5-4-12-27-17/h2-3,6-11,13,17H,4-5,12,14H2,1H3. The summed E-state index contributed by atoms with van der Waals surface area (Å²) in [5.41, 5.74) is 0.796. The second kappa shape index (κ2) is 7.86. The van der Waals surface area contributed by atoms with Gasteiger partial charge >= 0.3 is 5.97 Å². The van der Waals surface area contributed by atoms with Gasteiger partial charge in [0.1, 0.15) is 12.4 Å². The molecule has 1 aliphatic rings. The molecule has 0 spiro atoms. The van der Waals surface area contributed by atoms with Gasteiger partial charge in [0.05, 0.1) is 18.8 Å². The topological polar surface area (TPSA) is 66.8 Å². The van der Waals surface area contributed by atoms with Gasteiger partial charge in [-0.25, -0.2) is 4.79 Å².